The molecule has 0 aromatic heterocycles. The number of hydrogen-bond acceptors (Lipinski definition) is 2. The van der Waals surface area contributed by atoms with Crippen LogP contribution in [0.5, 0.6) is 0 Å². The van der Waals surface area contributed by atoms with Crippen LogP contribution in [0.2, 0.25) is 0 Å². The minimum Gasteiger partial charge on any atom is -0.308 e. The number of hydrazone groups is 1. The molecular weight excluding hydrogens is 148 g/mol. The zero-order valence-corrected chi connectivity index (χ0v) is 7.49. The first-order valence-electron chi connectivity index (χ1n) is 4.12. The number of hydrogen-bond donors (Lipinski definition) is 1. The van der Waals surface area contributed by atoms with Crippen molar-refractivity contribution in [3.05, 3.63) is 35.9 Å². The predicted molar refractivity (Wildman–Crippen MR) is 52.3 cm³/mol. The molecule has 0 saturated heterocycles. The zero-order chi connectivity index (χ0) is 8.81. The molecule has 1 aromatic carbocycles. The molecule has 2 nitrogen and oxygen atoms in total. The number of benzene rings is 1. The zero-order valence-electron chi connectivity index (χ0n) is 7.49. The van der Waals surface area contributed by atoms with Crippen LogP contribution in [0.3, 0.4) is 0 Å². The Bertz CT molecular complexity index is 239. The van der Waals surface area contributed by atoms with Crippen LogP contribution < -0.4 is 5.43 Å². The van der Waals surface area contributed by atoms with Gasteiger partial charge in [0.15, 0.2) is 0 Å². The summed E-state index contributed by atoms with van der Waals surface area (Å²) in [4.78, 5) is 0. The van der Waals surface area contributed by atoms with E-state index in [4.69, 9.17) is 0 Å². The summed E-state index contributed by atoms with van der Waals surface area (Å²) in [6.07, 6.45) is 1.82. The van der Waals surface area contributed by atoms with Crippen LogP contribution in [-0.2, 0) is 0 Å². The first kappa shape index (κ1) is 8.78. The molecule has 0 fully saturated rings. The van der Waals surface area contributed by atoms with E-state index in [0.717, 1.165) is 5.56 Å². The van der Waals surface area contributed by atoms with Crippen molar-refractivity contribution < 1.29 is 0 Å². The molecule has 0 aliphatic heterocycles. The Hall–Kier alpha value is -1.31. The maximum absolute atomic E-state index is 4.07. The summed E-state index contributed by atoms with van der Waals surface area (Å²) < 4.78 is 0. The maximum Gasteiger partial charge on any atom is 0.0540 e. The smallest absolute Gasteiger partial charge is 0.0540 e. The van der Waals surface area contributed by atoms with Gasteiger partial charge in [-0.3, -0.25) is 0 Å². The Morgan fingerprint density at radius 1 is 1.25 bits per heavy atom. The van der Waals surface area contributed by atoms with Crippen molar-refractivity contribution in [2.75, 3.05) is 0 Å². The molecule has 1 rings (SSSR count). The van der Waals surface area contributed by atoms with Crippen molar-refractivity contribution in [3.63, 3.8) is 0 Å². The summed E-state index contributed by atoms with van der Waals surface area (Å²) in [5.74, 6) is 0. The van der Waals surface area contributed by atoms with Crippen molar-refractivity contribution in [1.29, 1.82) is 0 Å². The van der Waals surface area contributed by atoms with Crippen molar-refractivity contribution in [3.8, 4) is 0 Å². The van der Waals surface area contributed by atoms with E-state index in [1.54, 1.807) is 0 Å². The predicted octanol–water partition coefficient (Wildman–Crippen LogP) is 2.02. The molecule has 0 unspecified atom stereocenters. The summed E-state index contributed by atoms with van der Waals surface area (Å²) in [5, 5.41) is 4.07. The Balaban J connectivity index is 2.47. The monoisotopic (exact) mass is 162 g/mol. The van der Waals surface area contributed by atoms with Gasteiger partial charge in [-0.1, -0.05) is 30.3 Å². The van der Waals surface area contributed by atoms with Gasteiger partial charge in [-0.05, 0) is 19.4 Å². The van der Waals surface area contributed by atoms with Gasteiger partial charge >= 0.3 is 0 Å². The molecule has 0 amide bonds. The Kier molecular flexibility index (Phi) is 3.33. The van der Waals surface area contributed by atoms with Crippen LogP contribution in [0.25, 0.3) is 0 Å². The summed E-state index contributed by atoms with van der Waals surface area (Å²) in [7, 11) is 0. The summed E-state index contributed by atoms with van der Waals surface area (Å²) >= 11 is 0. The third-order valence-corrected chi connectivity index (χ3v) is 1.35. The van der Waals surface area contributed by atoms with Gasteiger partial charge in [-0.15, -0.1) is 0 Å². The molecule has 0 spiro atoms. The summed E-state index contributed by atoms with van der Waals surface area (Å²) in [6, 6.07) is 10.4. The first-order valence-corrected chi connectivity index (χ1v) is 4.12. The quantitative estimate of drug-likeness (QED) is 0.533. The lowest BCUT2D eigenvalue weighted by atomic mass is 10.2. The van der Waals surface area contributed by atoms with E-state index in [9.17, 15) is 0 Å². The van der Waals surface area contributed by atoms with Gasteiger partial charge in [0.2, 0.25) is 0 Å². The molecule has 0 aliphatic carbocycles. The third-order valence-electron chi connectivity index (χ3n) is 1.35. The molecule has 64 valence electrons. The Labute approximate surface area is 73.3 Å². The minimum atomic E-state index is 0.393. The van der Waals surface area contributed by atoms with E-state index in [2.05, 4.69) is 24.4 Å². The fourth-order valence-electron chi connectivity index (χ4n) is 0.800. The second kappa shape index (κ2) is 4.54. The van der Waals surface area contributed by atoms with Crippen LogP contribution >= 0.6 is 0 Å². The van der Waals surface area contributed by atoms with Gasteiger partial charge in [0.1, 0.15) is 0 Å². The largest absolute Gasteiger partial charge is 0.308 e. The fraction of sp³-hybridized carbons (Fsp3) is 0.300. The minimum absolute atomic E-state index is 0.393. The second-order valence-electron chi connectivity index (χ2n) is 2.95. The number of rotatable bonds is 3. The molecule has 1 N–H and O–H groups in total. The number of nitrogens with zero attached hydrogens (tertiary/aromatic N) is 1. The van der Waals surface area contributed by atoms with Crippen LogP contribution in [0.1, 0.15) is 19.4 Å². The Morgan fingerprint density at radius 3 is 2.50 bits per heavy atom. The van der Waals surface area contributed by atoms with Crippen molar-refractivity contribution in [1.82, 2.24) is 5.43 Å². The van der Waals surface area contributed by atoms with E-state index in [1.165, 1.54) is 0 Å². The van der Waals surface area contributed by atoms with E-state index in [-0.39, 0.29) is 0 Å². The lowest BCUT2D eigenvalue weighted by molar-refractivity contribution is 0.623. The van der Waals surface area contributed by atoms with E-state index in [0.29, 0.717) is 6.04 Å². The highest BCUT2D eigenvalue weighted by Crippen LogP contribution is 1.93. The standard InChI is InChI=1S/C10H14N2/c1-9(2)12-11-8-10-6-4-3-5-7-10/h3-9,12H,1-2H3. The van der Waals surface area contributed by atoms with Crippen LogP contribution in [-0.4, -0.2) is 12.3 Å². The van der Waals surface area contributed by atoms with E-state index >= 15 is 0 Å². The maximum atomic E-state index is 4.07. The molecular formula is C10H14N2. The normalized spacial score (nSPS) is 10.9. The van der Waals surface area contributed by atoms with Gasteiger partial charge in [0, 0.05) is 6.04 Å². The van der Waals surface area contributed by atoms with Crippen molar-refractivity contribution in [2.45, 2.75) is 19.9 Å². The Morgan fingerprint density at radius 2 is 1.92 bits per heavy atom. The third kappa shape index (κ3) is 3.19. The highest BCUT2D eigenvalue weighted by atomic mass is 15.3. The lowest BCUT2D eigenvalue weighted by Crippen LogP contribution is -2.15. The van der Waals surface area contributed by atoms with Gasteiger partial charge in [0.05, 0.1) is 6.21 Å². The topological polar surface area (TPSA) is 24.4 Å². The molecule has 12 heavy (non-hydrogen) atoms. The molecule has 0 saturated carbocycles. The van der Waals surface area contributed by atoms with Crippen LogP contribution in [0, 0.1) is 0 Å². The molecule has 0 heterocycles. The van der Waals surface area contributed by atoms with E-state index < -0.39 is 0 Å². The fourth-order valence-corrected chi connectivity index (χ4v) is 0.800. The summed E-state index contributed by atoms with van der Waals surface area (Å²) in [5.41, 5.74) is 4.08. The highest BCUT2D eigenvalue weighted by Gasteiger charge is 1.85. The number of nitrogens with one attached hydrogen (secondary N) is 1. The van der Waals surface area contributed by atoms with Gasteiger partial charge in [0.25, 0.3) is 0 Å². The lowest BCUT2D eigenvalue weighted by Gasteiger charge is -2.01. The average Bonchev–Trinajstić information content (AvgIpc) is 2.05. The van der Waals surface area contributed by atoms with E-state index in [1.807, 2.05) is 36.5 Å². The molecule has 0 aliphatic rings. The molecule has 0 bridgehead atoms. The van der Waals surface area contributed by atoms with Gasteiger partial charge in [-0.2, -0.15) is 5.10 Å². The SMILES string of the molecule is CC(C)NN=Cc1ccccc1. The van der Waals surface area contributed by atoms with Crippen molar-refractivity contribution in [2.24, 2.45) is 5.10 Å². The van der Waals surface area contributed by atoms with Gasteiger partial charge in [-0.25, -0.2) is 0 Å². The highest BCUT2D eigenvalue weighted by molar-refractivity contribution is 5.79. The van der Waals surface area contributed by atoms with Crippen molar-refractivity contribution >= 4 is 6.21 Å². The first-order chi connectivity index (χ1) is 5.79. The average molecular weight is 162 g/mol. The molecule has 0 radical (unpaired) electrons. The van der Waals surface area contributed by atoms with Crippen LogP contribution in [0.15, 0.2) is 35.4 Å². The molecule has 1 aromatic rings. The second-order valence-corrected chi connectivity index (χ2v) is 2.95. The molecule has 2 heteroatoms. The molecule has 0 atom stereocenters. The van der Waals surface area contributed by atoms with Gasteiger partial charge < -0.3 is 5.43 Å². The van der Waals surface area contributed by atoms with Crippen LogP contribution in [0.4, 0.5) is 0 Å². The summed E-state index contributed by atoms with van der Waals surface area (Å²) in [6.45, 7) is 4.12.